The molecular formula is C13H20N4O2. The van der Waals surface area contributed by atoms with E-state index in [9.17, 15) is 4.79 Å². The first kappa shape index (κ1) is 13.3. The van der Waals surface area contributed by atoms with Crippen molar-refractivity contribution in [3.63, 3.8) is 0 Å². The molecule has 0 aliphatic carbocycles. The maximum atomic E-state index is 11.4. The molecule has 1 aliphatic rings. The third kappa shape index (κ3) is 3.21. The Hall–Kier alpha value is -2.11. The maximum absolute atomic E-state index is 11.4. The number of nitrogen functional groups attached to an aromatic ring is 1. The van der Waals surface area contributed by atoms with Gasteiger partial charge in [0.05, 0.1) is 12.2 Å². The van der Waals surface area contributed by atoms with E-state index in [2.05, 4.69) is 5.32 Å². The average Bonchev–Trinajstić information content (AvgIpc) is 2.77. The molecule has 0 saturated carbocycles. The van der Waals surface area contributed by atoms with Crippen LogP contribution in [-0.4, -0.2) is 51.3 Å². The highest BCUT2D eigenvalue weighted by Gasteiger charge is 2.18. The molecule has 104 valence electrons. The summed E-state index contributed by atoms with van der Waals surface area (Å²) in [5, 5.41) is 2.75. The number of urea groups is 1. The van der Waals surface area contributed by atoms with Crippen molar-refractivity contribution in [2.75, 3.05) is 51.0 Å². The summed E-state index contributed by atoms with van der Waals surface area (Å²) in [6, 6.07) is 5.64. The van der Waals surface area contributed by atoms with Crippen LogP contribution in [0.1, 0.15) is 0 Å². The lowest BCUT2D eigenvalue weighted by Crippen LogP contribution is -2.31. The van der Waals surface area contributed by atoms with E-state index in [-0.39, 0.29) is 6.03 Å². The fourth-order valence-electron chi connectivity index (χ4n) is 1.92. The molecule has 1 aromatic carbocycles. The van der Waals surface area contributed by atoms with Crippen molar-refractivity contribution in [3.8, 4) is 5.75 Å². The van der Waals surface area contributed by atoms with Crippen LogP contribution >= 0.6 is 0 Å². The lowest BCUT2D eigenvalue weighted by Gasteiger charge is -2.17. The van der Waals surface area contributed by atoms with Crippen molar-refractivity contribution >= 4 is 17.4 Å². The summed E-state index contributed by atoms with van der Waals surface area (Å²) in [5.74, 6) is 0.658. The number of amides is 2. The topological polar surface area (TPSA) is 70.8 Å². The molecule has 2 rings (SSSR count). The molecule has 0 radical (unpaired) electrons. The minimum atomic E-state index is -0.0291. The minimum absolute atomic E-state index is 0.0291. The minimum Gasteiger partial charge on any atom is -0.490 e. The Morgan fingerprint density at radius 2 is 2.26 bits per heavy atom. The van der Waals surface area contributed by atoms with Crippen LogP contribution < -0.4 is 20.7 Å². The molecule has 0 atom stereocenters. The highest BCUT2D eigenvalue weighted by molar-refractivity contribution is 5.76. The van der Waals surface area contributed by atoms with E-state index in [0.29, 0.717) is 31.1 Å². The van der Waals surface area contributed by atoms with Gasteiger partial charge in [0.25, 0.3) is 0 Å². The normalized spacial score (nSPS) is 14.4. The summed E-state index contributed by atoms with van der Waals surface area (Å²) < 4.78 is 5.66. The Labute approximate surface area is 113 Å². The number of carbonyl (C=O) groups excluding carboxylic acids is 1. The van der Waals surface area contributed by atoms with Gasteiger partial charge in [-0.1, -0.05) is 0 Å². The first-order valence-corrected chi connectivity index (χ1v) is 6.30. The van der Waals surface area contributed by atoms with Crippen molar-refractivity contribution in [1.82, 2.24) is 10.2 Å². The molecule has 1 saturated heterocycles. The summed E-state index contributed by atoms with van der Waals surface area (Å²) in [6.45, 7) is 2.44. The highest BCUT2D eigenvalue weighted by Crippen LogP contribution is 2.26. The van der Waals surface area contributed by atoms with Gasteiger partial charge in [0.2, 0.25) is 0 Å². The molecule has 1 aromatic rings. The van der Waals surface area contributed by atoms with E-state index in [1.807, 2.05) is 37.2 Å². The molecular weight excluding hydrogens is 244 g/mol. The number of rotatable bonds is 5. The number of anilines is 2. The summed E-state index contributed by atoms with van der Waals surface area (Å²) in [7, 11) is 3.92. The first-order valence-electron chi connectivity index (χ1n) is 6.30. The van der Waals surface area contributed by atoms with Crippen LogP contribution in [-0.2, 0) is 0 Å². The lowest BCUT2D eigenvalue weighted by atomic mass is 10.2. The van der Waals surface area contributed by atoms with Crippen molar-refractivity contribution in [2.24, 2.45) is 0 Å². The number of hydrogen-bond acceptors (Lipinski definition) is 4. The summed E-state index contributed by atoms with van der Waals surface area (Å²) in [5.41, 5.74) is 7.51. The molecule has 19 heavy (non-hydrogen) atoms. The molecule has 0 aromatic heterocycles. The number of nitrogens with two attached hydrogens (primary N) is 1. The van der Waals surface area contributed by atoms with E-state index < -0.39 is 0 Å². The van der Waals surface area contributed by atoms with E-state index in [1.165, 1.54) is 0 Å². The molecule has 0 bridgehead atoms. The van der Waals surface area contributed by atoms with Crippen LogP contribution in [0.25, 0.3) is 0 Å². The van der Waals surface area contributed by atoms with Crippen LogP contribution in [0.15, 0.2) is 18.2 Å². The van der Waals surface area contributed by atoms with Crippen molar-refractivity contribution in [3.05, 3.63) is 18.2 Å². The van der Waals surface area contributed by atoms with Gasteiger partial charge in [0.15, 0.2) is 0 Å². The second-order valence-electron chi connectivity index (χ2n) is 4.68. The Bertz CT molecular complexity index is 462. The van der Waals surface area contributed by atoms with Gasteiger partial charge in [-0.15, -0.1) is 0 Å². The summed E-state index contributed by atoms with van der Waals surface area (Å²) in [4.78, 5) is 15.1. The van der Waals surface area contributed by atoms with Gasteiger partial charge in [-0.25, -0.2) is 4.79 Å². The predicted molar refractivity (Wildman–Crippen MR) is 75.6 cm³/mol. The van der Waals surface area contributed by atoms with Crippen LogP contribution in [0.3, 0.4) is 0 Å². The summed E-state index contributed by atoms with van der Waals surface area (Å²) in [6.07, 6.45) is 0. The standard InChI is InChI=1S/C13H20N4O2/c1-16(2)10-3-4-11(14)12(9-10)19-8-7-17-6-5-15-13(17)18/h3-4,9H,5-8,14H2,1-2H3,(H,15,18). The van der Waals surface area contributed by atoms with Gasteiger partial charge in [0, 0.05) is 38.9 Å². The quantitative estimate of drug-likeness (QED) is 0.770. The molecule has 2 amide bonds. The van der Waals surface area contributed by atoms with Gasteiger partial charge >= 0.3 is 6.03 Å². The second-order valence-corrected chi connectivity index (χ2v) is 4.68. The van der Waals surface area contributed by atoms with Gasteiger partial charge < -0.3 is 25.6 Å². The molecule has 3 N–H and O–H groups in total. The molecule has 1 heterocycles. The zero-order chi connectivity index (χ0) is 13.8. The molecule has 1 aliphatic heterocycles. The van der Waals surface area contributed by atoms with E-state index >= 15 is 0 Å². The molecule has 6 heteroatoms. The van der Waals surface area contributed by atoms with Crippen LogP contribution in [0.5, 0.6) is 5.75 Å². The number of nitrogens with one attached hydrogen (secondary N) is 1. The van der Waals surface area contributed by atoms with Crippen LogP contribution in [0.4, 0.5) is 16.2 Å². The van der Waals surface area contributed by atoms with Crippen molar-refractivity contribution < 1.29 is 9.53 Å². The largest absolute Gasteiger partial charge is 0.490 e. The Balaban J connectivity index is 1.91. The number of hydrogen-bond donors (Lipinski definition) is 2. The molecule has 0 unspecified atom stereocenters. The van der Waals surface area contributed by atoms with Crippen molar-refractivity contribution in [1.29, 1.82) is 0 Å². The van der Waals surface area contributed by atoms with Gasteiger partial charge in [0.1, 0.15) is 12.4 Å². The SMILES string of the molecule is CN(C)c1ccc(N)c(OCCN2CCNC2=O)c1. The Morgan fingerprint density at radius 3 is 2.89 bits per heavy atom. The number of benzene rings is 1. The number of ether oxygens (including phenoxy) is 1. The van der Waals surface area contributed by atoms with Crippen LogP contribution in [0, 0.1) is 0 Å². The van der Waals surface area contributed by atoms with Gasteiger partial charge in [-0.2, -0.15) is 0 Å². The lowest BCUT2D eigenvalue weighted by molar-refractivity contribution is 0.203. The third-order valence-corrected chi connectivity index (χ3v) is 3.08. The van der Waals surface area contributed by atoms with Gasteiger partial charge in [-0.05, 0) is 12.1 Å². The smallest absolute Gasteiger partial charge is 0.317 e. The maximum Gasteiger partial charge on any atom is 0.317 e. The van der Waals surface area contributed by atoms with Crippen molar-refractivity contribution in [2.45, 2.75) is 0 Å². The summed E-state index contributed by atoms with van der Waals surface area (Å²) >= 11 is 0. The third-order valence-electron chi connectivity index (χ3n) is 3.08. The Morgan fingerprint density at radius 1 is 1.47 bits per heavy atom. The number of carbonyl (C=O) groups is 1. The second kappa shape index (κ2) is 5.69. The van der Waals surface area contributed by atoms with E-state index in [0.717, 1.165) is 12.2 Å². The van der Waals surface area contributed by atoms with Gasteiger partial charge in [-0.3, -0.25) is 0 Å². The van der Waals surface area contributed by atoms with E-state index in [1.54, 1.807) is 4.90 Å². The fourth-order valence-corrected chi connectivity index (χ4v) is 1.92. The monoisotopic (exact) mass is 264 g/mol. The predicted octanol–water partition coefficient (Wildman–Crippen LogP) is 0.739. The zero-order valence-corrected chi connectivity index (χ0v) is 11.3. The zero-order valence-electron chi connectivity index (χ0n) is 11.3. The molecule has 1 fully saturated rings. The molecule has 6 nitrogen and oxygen atoms in total. The van der Waals surface area contributed by atoms with Crippen LogP contribution in [0.2, 0.25) is 0 Å². The first-order chi connectivity index (χ1) is 9.08. The number of nitrogens with zero attached hydrogens (tertiary/aromatic N) is 2. The fraction of sp³-hybridized carbons (Fsp3) is 0.462. The molecule has 0 spiro atoms. The Kier molecular flexibility index (Phi) is 3.99. The highest BCUT2D eigenvalue weighted by atomic mass is 16.5. The average molecular weight is 264 g/mol. The van der Waals surface area contributed by atoms with E-state index in [4.69, 9.17) is 10.5 Å².